The largest absolute Gasteiger partial charge is 0.343 e. The lowest BCUT2D eigenvalue weighted by Gasteiger charge is -2.23. The molecule has 18 heavy (non-hydrogen) atoms. The molecule has 0 fully saturated rings. The monoisotopic (exact) mass is 251 g/mol. The number of H-pyrrole nitrogens is 1. The number of rotatable bonds is 1. The van der Waals surface area contributed by atoms with Gasteiger partial charge < -0.3 is 0 Å². The molecule has 0 amide bonds. The Morgan fingerprint density at radius 3 is 2.72 bits per heavy atom. The molecule has 1 aliphatic rings. The van der Waals surface area contributed by atoms with E-state index in [2.05, 4.69) is 10.2 Å². The Morgan fingerprint density at radius 1 is 1.28 bits per heavy atom. The molecule has 1 unspecified atom stereocenters. The average molecular weight is 251 g/mol. The SMILES string of the molecule is O=c1[nH]nc2n1C(c1cc(F)cc(F)c1)CCC2. The number of hydrogen-bond acceptors (Lipinski definition) is 2. The molecule has 0 radical (unpaired) electrons. The lowest BCUT2D eigenvalue weighted by molar-refractivity contribution is 0.437. The molecule has 1 aromatic carbocycles. The molecule has 3 rings (SSSR count). The minimum atomic E-state index is -0.631. The zero-order valence-corrected chi connectivity index (χ0v) is 9.49. The second kappa shape index (κ2) is 4.04. The van der Waals surface area contributed by atoms with E-state index in [1.807, 2.05) is 0 Å². The number of nitrogens with one attached hydrogen (secondary N) is 1. The maximum atomic E-state index is 13.2. The molecule has 0 saturated carbocycles. The summed E-state index contributed by atoms with van der Waals surface area (Å²) in [6.45, 7) is 0. The Labute approximate surface area is 101 Å². The van der Waals surface area contributed by atoms with Crippen LogP contribution < -0.4 is 5.69 Å². The normalized spacial score (nSPS) is 18.7. The molecule has 0 bridgehead atoms. The van der Waals surface area contributed by atoms with Crippen molar-refractivity contribution in [2.75, 3.05) is 0 Å². The molecule has 1 N–H and O–H groups in total. The van der Waals surface area contributed by atoms with E-state index >= 15 is 0 Å². The van der Waals surface area contributed by atoms with Crippen LogP contribution in [0.2, 0.25) is 0 Å². The molecule has 0 saturated heterocycles. The molecule has 1 atom stereocenters. The standard InChI is InChI=1S/C12H11F2N3O/c13-8-4-7(5-9(14)6-8)10-2-1-3-11-15-16-12(18)17(10)11/h4-6,10H,1-3H2,(H,16,18). The van der Waals surface area contributed by atoms with Crippen molar-refractivity contribution in [1.82, 2.24) is 14.8 Å². The third-order valence-corrected chi connectivity index (χ3v) is 3.24. The minimum absolute atomic E-state index is 0.334. The number of fused-ring (bicyclic) bond motifs is 1. The van der Waals surface area contributed by atoms with E-state index in [4.69, 9.17) is 0 Å². The van der Waals surface area contributed by atoms with Gasteiger partial charge in [0.15, 0.2) is 0 Å². The Morgan fingerprint density at radius 2 is 2.00 bits per heavy atom. The second-order valence-electron chi connectivity index (χ2n) is 4.43. The van der Waals surface area contributed by atoms with Crippen molar-refractivity contribution < 1.29 is 8.78 Å². The van der Waals surface area contributed by atoms with Crippen LogP contribution in [0.25, 0.3) is 0 Å². The molecule has 2 heterocycles. The Bertz CT molecular complexity index is 627. The van der Waals surface area contributed by atoms with Crippen molar-refractivity contribution in [2.45, 2.75) is 25.3 Å². The van der Waals surface area contributed by atoms with Gasteiger partial charge in [0.2, 0.25) is 0 Å². The van der Waals surface area contributed by atoms with Crippen LogP contribution in [-0.4, -0.2) is 14.8 Å². The summed E-state index contributed by atoms with van der Waals surface area (Å²) in [6.07, 6.45) is 2.22. The summed E-state index contributed by atoms with van der Waals surface area (Å²) in [5.41, 5.74) is 0.135. The Balaban J connectivity index is 2.13. The zero-order chi connectivity index (χ0) is 12.7. The average Bonchev–Trinajstić information content (AvgIpc) is 2.70. The first-order valence-electron chi connectivity index (χ1n) is 5.77. The molecule has 1 aromatic heterocycles. The summed E-state index contributed by atoms with van der Waals surface area (Å²) in [5, 5.41) is 6.29. The van der Waals surface area contributed by atoms with Gasteiger partial charge in [0.25, 0.3) is 0 Å². The van der Waals surface area contributed by atoms with Gasteiger partial charge in [-0.15, -0.1) is 0 Å². The van der Waals surface area contributed by atoms with Crippen molar-refractivity contribution in [3.63, 3.8) is 0 Å². The fraction of sp³-hybridized carbons (Fsp3) is 0.333. The van der Waals surface area contributed by atoms with Crippen LogP contribution in [0.15, 0.2) is 23.0 Å². The summed E-state index contributed by atoms with van der Waals surface area (Å²) in [6, 6.07) is 3.01. The highest BCUT2D eigenvalue weighted by molar-refractivity contribution is 5.23. The molecule has 1 aliphatic heterocycles. The highest BCUT2D eigenvalue weighted by Crippen LogP contribution is 2.28. The summed E-state index contributed by atoms with van der Waals surface area (Å²) in [7, 11) is 0. The molecule has 94 valence electrons. The fourth-order valence-electron chi connectivity index (χ4n) is 2.50. The van der Waals surface area contributed by atoms with Crippen LogP contribution in [0.4, 0.5) is 8.78 Å². The molecule has 4 nitrogen and oxygen atoms in total. The third-order valence-electron chi connectivity index (χ3n) is 3.24. The molecular weight excluding hydrogens is 240 g/mol. The van der Waals surface area contributed by atoms with Gasteiger partial charge in [-0.1, -0.05) is 0 Å². The number of aromatic nitrogens is 3. The number of hydrogen-bond donors (Lipinski definition) is 1. The van der Waals surface area contributed by atoms with Crippen molar-refractivity contribution in [2.24, 2.45) is 0 Å². The highest BCUT2D eigenvalue weighted by Gasteiger charge is 2.25. The van der Waals surface area contributed by atoms with E-state index < -0.39 is 11.6 Å². The van der Waals surface area contributed by atoms with Crippen LogP contribution >= 0.6 is 0 Å². The van der Waals surface area contributed by atoms with Gasteiger partial charge in [0.05, 0.1) is 6.04 Å². The lowest BCUT2D eigenvalue weighted by atomic mass is 9.97. The summed E-state index contributed by atoms with van der Waals surface area (Å²) in [4.78, 5) is 11.7. The first kappa shape index (κ1) is 11.1. The summed E-state index contributed by atoms with van der Waals surface area (Å²) >= 11 is 0. The smallest absolute Gasteiger partial charge is 0.271 e. The van der Waals surface area contributed by atoms with E-state index in [9.17, 15) is 13.6 Å². The Kier molecular flexibility index (Phi) is 2.50. The molecule has 0 aliphatic carbocycles. The van der Waals surface area contributed by atoms with Crippen molar-refractivity contribution in [1.29, 1.82) is 0 Å². The topological polar surface area (TPSA) is 50.7 Å². The Hall–Kier alpha value is -1.98. The van der Waals surface area contributed by atoms with Crippen LogP contribution in [0.3, 0.4) is 0 Å². The van der Waals surface area contributed by atoms with Crippen molar-refractivity contribution in [3.05, 3.63) is 51.7 Å². The van der Waals surface area contributed by atoms with Crippen LogP contribution in [0, 0.1) is 11.6 Å². The quantitative estimate of drug-likeness (QED) is 0.839. The molecular formula is C12H11F2N3O. The van der Waals surface area contributed by atoms with Gasteiger partial charge in [-0.2, -0.15) is 5.10 Å². The van der Waals surface area contributed by atoms with E-state index in [0.717, 1.165) is 12.5 Å². The van der Waals surface area contributed by atoms with Crippen molar-refractivity contribution in [3.8, 4) is 0 Å². The van der Waals surface area contributed by atoms with E-state index in [0.29, 0.717) is 24.2 Å². The zero-order valence-electron chi connectivity index (χ0n) is 9.49. The maximum absolute atomic E-state index is 13.2. The van der Waals surface area contributed by atoms with E-state index in [1.54, 1.807) is 0 Å². The first-order valence-corrected chi connectivity index (χ1v) is 5.77. The maximum Gasteiger partial charge on any atom is 0.343 e. The van der Waals surface area contributed by atoms with Gasteiger partial charge in [-0.25, -0.2) is 18.7 Å². The predicted octanol–water partition coefficient (Wildman–Crippen LogP) is 1.78. The van der Waals surface area contributed by atoms with Crippen molar-refractivity contribution >= 4 is 0 Å². The third kappa shape index (κ3) is 1.73. The van der Waals surface area contributed by atoms with Crippen LogP contribution in [0.5, 0.6) is 0 Å². The van der Waals surface area contributed by atoms with Crippen LogP contribution in [0.1, 0.15) is 30.3 Å². The second-order valence-corrected chi connectivity index (χ2v) is 4.43. The number of aryl methyl sites for hydroxylation is 1. The van der Waals surface area contributed by atoms with E-state index in [1.165, 1.54) is 16.7 Å². The minimum Gasteiger partial charge on any atom is -0.271 e. The molecule has 0 spiro atoms. The van der Waals surface area contributed by atoms with Crippen LogP contribution in [-0.2, 0) is 6.42 Å². The fourth-order valence-corrected chi connectivity index (χ4v) is 2.50. The summed E-state index contributed by atoms with van der Waals surface area (Å²) < 4.78 is 28.0. The molecule has 2 aromatic rings. The molecule has 6 heteroatoms. The van der Waals surface area contributed by atoms with Gasteiger partial charge in [0, 0.05) is 12.5 Å². The van der Waals surface area contributed by atoms with Gasteiger partial charge in [-0.05, 0) is 30.5 Å². The number of aromatic amines is 1. The van der Waals surface area contributed by atoms with Gasteiger partial charge in [0.1, 0.15) is 17.5 Å². The highest BCUT2D eigenvalue weighted by atomic mass is 19.1. The number of nitrogens with zero attached hydrogens (tertiary/aromatic N) is 2. The lowest BCUT2D eigenvalue weighted by Crippen LogP contribution is -2.28. The predicted molar refractivity (Wildman–Crippen MR) is 60.3 cm³/mol. The van der Waals surface area contributed by atoms with E-state index in [-0.39, 0.29) is 11.7 Å². The number of halogens is 2. The van der Waals surface area contributed by atoms with Gasteiger partial charge >= 0.3 is 5.69 Å². The van der Waals surface area contributed by atoms with Gasteiger partial charge in [-0.3, -0.25) is 4.57 Å². The first-order chi connectivity index (χ1) is 8.65. The number of benzene rings is 1. The summed E-state index contributed by atoms with van der Waals surface area (Å²) in [5.74, 6) is -0.622.